The molecule has 12 nitrogen and oxygen atoms in total. The smallest absolute Gasteiger partial charge is 0.335 e. The Labute approximate surface area is 275 Å². The third-order valence-electron chi connectivity index (χ3n) is 8.28. The van der Waals surface area contributed by atoms with Crippen molar-refractivity contribution in [3.05, 3.63) is 64.5 Å². The van der Waals surface area contributed by atoms with Gasteiger partial charge in [-0.15, -0.1) is 0 Å². The average Bonchev–Trinajstić information content (AvgIpc) is 3.87. The highest BCUT2D eigenvalue weighted by atomic mass is 16.5. The second-order valence-electron chi connectivity index (χ2n) is 12.1. The SMILES string of the molecule is CCc1cc(-c2noc(-c3cc(C)nc(N4CCCC4)c3)n2)cc(C)c1OCC(O)CO.Cc1cc(C(=O)O)cc(N2CCCC2)n1. The summed E-state index contributed by atoms with van der Waals surface area (Å²) in [5.41, 5.74) is 5.60. The number of carboxylic acid groups (broad SMARTS) is 1. The second kappa shape index (κ2) is 15.4. The van der Waals surface area contributed by atoms with Crippen LogP contribution in [0.1, 0.15) is 65.5 Å². The van der Waals surface area contributed by atoms with Crippen molar-refractivity contribution in [2.24, 2.45) is 0 Å². The standard InChI is InChI=1S/C24H30N4O4.C11H14N2O2/c1-4-17-11-18(9-15(2)22(17)31-14-20(30)13-29)23-26-24(32-27-23)19-10-16(3)25-21(12-19)28-7-5-6-8-28;1-8-6-9(11(14)15)7-10(12-8)13-4-2-3-5-13/h9-12,20,29-30H,4-8,13-14H2,1-3H3;6-7H,2-5H2,1H3,(H,14,15). The maximum absolute atomic E-state index is 10.9. The predicted molar refractivity (Wildman–Crippen MR) is 179 cm³/mol. The molecule has 47 heavy (non-hydrogen) atoms. The van der Waals surface area contributed by atoms with Gasteiger partial charge in [-0.2, -0.15) is 4.98 Å². The van der Waals surface area contributed by atoms with E-state index in [4.69, 9.17) is 19.5 Å². The number of hydrogen-bond acceptors (Lipinski definition) is 11. The number of aryl methyl sites for hydroxylation is 4. The molecular formula is C35H44N6O6. The van der Waals surface area contributed by atoms with Gasteiger partial charge in [0.15, 0.2) is 0 Å². The molecule has 250 valence electrons. The van der Waals surface area contributed by atoms with E-state index in [-0.39, 0.29) is 13.2 Å². The Kier molecular flexibility index (Phi) is 11.0. The van der Waals surface area contributed by atoms with Crippen LogP contribution in [0.2, 0.25) is 0 Å². The molecule has 2 aliphatic heterocycles. The van der Waals surface area contributed by atoms with Crippen LogP contribution in [0.4, 0.5) is 11.6 Å². The van der Waals surface area contributed by atoms with E-state index >= 15 is 0 Å². The molecule has 1 unspecified atom stereocenters. The van der Waals surface area contributed by atoms with Gasteiger partial charge >= 0.3 is 5.97 Å². The molecule has 2 saturated heterocycles. The highest BCUT2D eigenvalue weighted by molar-refractivity contribution is 5.88. The summed E-state index contributed by atoms with van der Waals surface area (Å²) in [5.74, 6) is 2.55. The lowest BCUT2D eigenvalue weighted by molar-refractivity contribution is 0.0531. The van der Waals surface area contributed by atoms with Crippen molar-refractivity contribution in [1.29, 1.82) is 0 Å². The van der Waals surface area contributed by atoms with Gasteiger partial charge in [-0.25, -0.2) is 14.8 Å². The Morgan fingerprint density at radius 3 is 2.09 bits per heavy atom. The van der Waals surface area contributed by atoms with Crippen LogP contribution in [0.3, 0.4) is 0 Å². The summed E-state index contributed by atoms with van der Waals surface area (Å²) in [6.07, 6.45) is 4.54. The number of benzene rings is 1. The van der Waals surface area contributed by atoms with Gasteiger partial charge in [0.05, 0.1) is 12.2 Å². The van der Waals surface area contributed by atoms with Crippen LogP contribution in [0.15, 0.2) is 40.9 Å². The van der Waals surface area contributed by atoms with Gasteiger partial charge in [0.25, 0.3) is 5.89 Å². The number of pyridine rings is 2. The number of nitrogens with zero attached hydrogens (tertiary/aromatic N) is 6. The van der Waals surface area contributed by atoms with Gasteiger partial charge in [-0.1, -0.05) is 12.1 Å². The fourth-order valence-corrected chi connectivity index (χ4v) is 5.90. The largest absolute Gasteiger partial charge is 0.490 e. The van der Waals surface area contributed by atoms with Crippen LogP contribution in [0, 0.1) is 20.8 Å². The number of carbonyl (C=O) groups is 1. The van der Waals surface area contributed by atoms with Gasteiger partial charge < -0.3 is 34.4 Å². The van der Waals surface area contributed by atoms with Crippen LogP contribution in [0.25, 0.3) is 22.8 Å². The molecular weight excluding hydrogens is 600 g/mol. The van der Waals surface area contributed by atoms with E-state index < -0.39 is 12.1 Å². The predicted octanol–water partition coefficient (Wildman–Crippen LogP) is 5.00. The summed E-state index contributed by atoms with van der Waals surface area (Å²) in [6, 6.07) is 11.2. The quantitative estimate of drug-likeness (QED) is 0.213. The van der Waals surface area contributed by atoms with E-state index in [0.717, 1.165) is 90.7 Å². The van der Waals surface area contributed by atoms with Crippen LogP contribution in [-0.2, 0) is 6.42 Å². The molecule has 2 fully saturated rings. The molecule has 2 aliphatic rings. The molecule has 1 atom stereocenters. The van der Waals surface area contributed by atoms with Crippen LogP contribution >= 0.6 is 0 Å². The highest BCUT2D eigenvalue weighted by Crippen LogP contribution is 2.32. The summed E-state index contributed by atoms with van der Waals surface area (Å²) < 4.78 is 11.4. The van der Waals surface area contributed by atoms with E-state index in [1.165, 1.54) is 12.8 Å². The van der Waals surface area contributed by atoms with Crippen molar-refractivity contribution in [3.8, 4) is 28.6 Å². The normalized spacial score (nSPS) is 15.0. The lowest BCUT2D eigenvalue weighted by Crippen LogP contribution is -2.22. The first-order chi connectivity index (χ1) is 22.6. The first-order valence-electron chi connectivity index (χ1n) is 16.3. The maximum Gasteiger partial charge on any atom is 0.335 e. The fraction of sp³-hybridized carbons (Fsp3) is 0.457. The molecule has 5 heterocycles. The Morgan fingerprint density at radius 1 is 0.872 bits per heavy atom. The van der Waals surface area contributed by atoms with Gasteiger partial charge in [0, 0.05) is 48.7 Å². The van der Waals surface area contributed by atoms with Gasteiger partial charge in [0.2, 0.25) is 5.82 Å². The lowest BCUT2D eigenvalue weighted by Gasteiger charge is -2.17. The van der Waals surface area contributed by atoms with Crippen molar-refractivity contribution < 1.29 is 29.4 Å². The molecule has 12 heteroatoms. The molecule has 0 radical (unpaired) electrons. The van der Waals surface area contributed by atoms with Gasteiger partial charge in [-0.05, 0) is 100 Å². The lowest BCUT2D eigenvalue weighted by atomic mass is 10.0. The van der Waals surface area contributed by atoms with E-state index in [0.29, 0.717) is 23.0 Å². The number of aliphatic hydroxyl groups excluding tert-OH is 2. The van der Waals surface area contributed by atoms with E-state index in [1.807, 2.05) is 52.0 Å². The molecule has 0 bridgehead atoms. The van der Waals surface area contributed by atoms with Crippen molar-refractivity contribution >= 4 is 17.6 Å². The molecule has 6 rings (SSSR count). The van der Waals surface area contributed by atoms with E-state index in [1.54, 1.807) is 12.1 Å². The summed E-state index contributed by atoms with van der Waals surface area (Å²) in [7, 11) is 0. The van der Waals surface area contributed by atoms with Crippen molar-refractivity contribution in [2.45, 2.75) is 65.9 Å². The Hall–Kier alpha value is -4.55. The number of ether oxygens (including phenoxy) is 1. The number of carboxylic acids is 1. The number of aromatic nitrogens is 4. The molecule has 0 saturated carbocycles. The minimum Gasteiger partial charge on any atom is -0.490 e. The Balaban J connectivity index is 0.000000241. The zero-order valence-corrected chi connectivity index (χ0v) is 27.6. The summed E-state index contributed by atoms with van der Waals surface area (Å²) >= 11 is 0. The van der Waals surface area contributed by atoms with Crippen molar-refractivity contribution in [2.75, 3.05) is 49.2 Å². The first kappa shape index (κ1) is 33.8. The van der Waals surface area contributed by atoms with Gasteiger partial charge in [-0.3, -0.25) is 0 Å². The maximum atomic E-state index is 10.9. The molecule has 0 spiro atoms. The number of anilines is 2. The molecule has 3 N–H and O–H groups in total. The minimum absolute atomic E-state index is 0.0385. The zero-order valence-electron chi connectivity index (χ0n) is 27.6. The third-order valence-corrected chi connectivity index (χ3v) is 8.28. The second-order valence-corrected chi connectivity index (χ2v) is 12.1. The Morgan fingerprint density at radius 2 is 1.49 bits per heavy atom. The van der Waals surface area contributed by atoms with E-state index in [2.05, 4.69) is 29.9 Å². The van der Waals surface area contributed by atoms with Crippen LogP contribution in [0.5, 0.6) is 5.75 Å². The minimum atomic E-state index is -0.909. The van der Waals surface area contributed by atoms with Crippen LogP contribution in [-0.4, -0.2) is 86.9 Å². The molecule has 3 aromatic heterocycles. The monoisotopic (exact) mass is 644 g/mol. The molecule has 1 aromatic carbocycles. The Bertz CT molecular complexity index is 1680. The first-order valence-corrected chi connectivity index (χ1v) is 16.3. The number of aromatic carboxylic acids is 1. The number of hydrogen-bond donors (Lipinski definition) is 3. The summed E-state index contributed by atoms with van der Waals surface area (Å²) in [4.78, 5) is 29.0. The molecule has 0 aliphatic carbocycles. The van der Waals surface area contributed by atoms with Crippen molar-refractivity contribution in [3.63, 3.8) is 0 Å². The fourth-order valence-electron chi connectivity index (χ4n) is 5.90. The van der Waals surface area contributed by atoms with E-state index in [9.17, 15) is 9.90 Å². The summed E-state index contributed by atoms with van der Waals surface area (Å²) in [5, 5.41) is 31.8. The zero-order chi connectivity index (χ0) is 33.5. The van der Waals surface area contributed by atoms with Crippen LogP contribution < -0.4 is 14.5 Å². The number of rotatable bonds is 10. The topological polar surface area (TPSA) is 158 Å². The third kappa shape index (κ3) is 8.44. The average molecular weight is 645 g/mol. The number of aliphatic hydroxyl groups is 2. The molecule has 0 amide bonds. The van der Waals surface area contributed by atoms with Crippen molar-refractivity contribution in [1.82, 2.24) is 20.1 Å². The summed E-state index contributed by atoms with van der Waals surface area (Å²) in [6.45, 7) is 11.5. The highest BCUT2D eigenvalue weighted by Gasteiger charge is 2.20. The molecule has 4 aromatic rings. The van der Waals surface area contributed by atoms with Gasteiger partial charge in [0.1, 0.15) is 30.1 Å².